The molecule has 0 saturated carbocycles. The van der Waals surface area contributed by atoms with Gasteiger partial charge in [-0.2, -0.15) is 10.1 Å². The first-order valence-electron chi connectivity index (χ1n) is 8.75. The number of carbonyl (C=O) groups excluding carboxylic acids is 1. The number of rotatable bonds is 4. The zero-order valence-electron chi connectivity index (χ0n) is 15.2. The molecule has 1 fully saturated rings. The van der Waals surface area contributed by atoms with Gasteiger partial charge in [-0.15, -0.1) is 0 Å². The molecule has 3 aromatic rings. The zero-order valence-corrected chi connectivity index (χ0v) is 15.9. The highest BCUT2D eigenvalue weighted by Crippen LogP contribution is 2.25. The van der Waals surface area contributed by atoms with Crippen molar-refractivity contribution in [2.75, 3.05) is 19.8 Å². The van der Waals surface area contributed by atoms with Gasteiger partial charge in [0.2, 0.25) is 5.91 Å². The topological polar surface area (TPSA) is 86.3 Å². The summed E-state index contributed by atoms with van der Waals surface area (Å²) in [6.45, 7) is 1.22. The highest BCUT2D eigenvalue weighted by atomic mass is 35.5. The Labute approximate surface area is 166 Å². The van der Waals surface area contributed by atoms with Crippen LogP contribution in [-0.4, -0.2) is 50.5 Å². The van der Waals surface area contributed by atoms with Crippen LogP contribution < -0.4 is 0 Å². The summed E-state index contributed by atoms with van der Waals surface area (Å²) < 4.78 is 12.5. The summed E-state index contributed by atoms with van der Waals surface area (Å²) >= 11 is 5.89. The van der Waals surface area contributed by atoms with Crippen molar-refractivity contribution < 1.29 is 14.1 Å². The number of benzene rings is 1. The van der Waals surface area contributed by atoms with Gasteiger partial charge < -0.3 is 14.2 Å². The molecule has 0 aliphatic carbocycles. The van der Waals surface area contributed by atoms with Crippen molar-refractivity contribution in [3.05, 3.63) is 59.1 Å². The second-order valence-corrected chi connectivity index (χ2v) is 6.80. The first-order valence-corrected chi connectivity index (χ1v) is 9.12. The third-order valence-electron chi connectivity index (χ3n) is 4.39. The second kappa shape index (κ2) is 7.95. The van der Waals surface area contributed by atoms with E-state index in [0.29, 0.717) is 36.5 Å². The summed E-state index contributed by atoms with van der Waals surface area (Å²) in [4.78, 5) is 18.9. The minimum Gasteiger partial charge on any atom is -0.377 e. The first-order chi connectivity index (χ1) is 13.6. The summed E-state index contributed by atoms with van der Waals surface area (Å²) in [5, 5.41) is 8.80. The van der Waals surface area contributed by atoms with Crippen molar-refractivity contribution in [3.8, 4) is 11.5 Å². The lowest BCUT2D eigenvalue weighted by Crippen LogP contribution is -2.43. The lowest BCUT2D eigenvalue weighted by atomic mass is 10.2. The molecule has 0 N–H and O–H groups in total. The van der Waals surface area contributed by atoms with Crippen LogP contribution in [0.15, 0.2) is 47.3 Å². The predicted molar refractivity (Wildman–Crippen MR) is 102 cm³/mol. The fraction of sp³-hybridized carbons (Fsp3) is 0.263. The number of nitrogens with zero attached hydrogens (tertiary/aromatic N) is 5. The number of ether oxygens (including phenoxy) is 1. The number of aryl methyl sites for hydroxylation is 1. The first kappa shape index (κ1) is 18.4. The van der Waals surface area contributed by atoms with Gasteiger partial charge in [0, 0.05) is 30.9 Å². The molecule has 1 aliphatic heterocycles. The molecular formula is C19H18ClN5O3. The average Bonchev–Trinajstić information content (AvgIpc) is 3.36. The number of halogens is 1. The smallest absolute Gasteiger partial charge is 0.261 e. The molecule has 1 aromatic carbocycles. The van der Waals surface area contributed by atoms with Crippen LogP contribution in [0.3, 0.4) is 0 Å². The third-order valence-corrected chi connectivity index (χ3v) is 4.64. The molecule has 144 valence electrons. The minimum absolute atomic E-state index is 0.143. The van der Waals surface area contributed by atoms with Gasteiger partial charge in [-0.1, -0.05) is 28.9 Å². The summed E-state index contributed by atoms with van der Waals surface area (Å²) in [6.07, 6.45) is 6.71. The van der Waals surface area contributed by atoms with E-state index in [2.05, 4.69) is 15.2 Å². The molecule has 0 spiro atoms. The maximum absolute atomic E-state index is 12.8. The Bertz CT molecular complexity index is 995. The van der Waals surface area contributed by atoms with Gasteiger partial charge >= 0.3 is 0 Å². The molecule has 0 bridgehead atoms. The van der Waals surface area contributed by atoms with Crippen molar-refractivity contribution in [1.29, 1.82) is 0 Å². The van der Waals surface area contributed by atoms with Crippen LogP contribution in [0.2, 0.25) is 5.02 Å². The zero-order chi connectivity index (χ0) is 19.5. The Kier molecular flexibility index (Phi) is 5.23. The van der Waals surface area contributed by atoms with Crippen LogP contribution in [0, 0.1) is 0 Å². The van der Waals surface area contributed by atoms with E-state index >= 15 is 0 Å². The lowest BCUT2D eigenvalue weighted by molar-refractivity contribution is -0.135. The molecule has 28 heavy (non-hydrogen) atoms. The van der Waals surface area contributed by atoms with Crippen LogP contribution in [0.5, 0.6) is 0 Å². The number of hydrogen-bond acceptors (Lipinski definition) is 6. The molecule has 2 aromatic heterocycles. The van der Waals surface area contributed by atoms with E-state index in [9.17, 15) is 4.79 Å². The molecule has 8 nitrogen and oxygen atoms in total. The quantitative estimate of drug-likeness (QED) is 0.627. The molecule has 1 atom stereocenters. The monoisotopic (exact) mass is 399 g/mol. The van der Waals surface area contributed by atoms with Gasteiger partial charge in [0.15, 0.2) is 5.82 Å². The Morgan fingerprint density at radius 3 is 2.89 bits per heavy atom. The van der Waals surface area contributed by atoms with Crippen molar-refractivity contribution in [3.63, 3.8) is 0 Å². The molecule has 1 saturated heterocycles. The molecular weight excluding hydrogens is 382 g/mol. The number of morpholine rings is 1. The van der Waals surface area contributed by atoms with Crippen LogP contribution in [0.4, 0.5) is 0 Å². The van der Waals surface area contributed by atoms with Crippen molar-refractivity contribution in [2.45, 2.75) is 6.04 Å². The Morgan fingerprint density at radius 2 is 2.14 bits per heavy atom. The molecule has 1 amide bonds. The highest BCUT2D eigenvalue weighted by Gasteiger charge is 2.31. The van der Waals surface area contributed by atoms with E-state index in [1.54, 1.807) is 40.2 Å². The maximum atomic E-state index is 12.8. The van der Waals surface area contributed by atoms with Crippen LogP contribution >= 0.6 is 11.6 Å². The van der Waals surface area contributed by atoms with Crippen molar-refractivity contribution >= 4 is 23.6 Å². The summed E-state index contributed by atoms with van der Waals surface area (Å²) in [5.74, 6) is 0.626. The van der Waals surface area contributed by atoms with Gasteiger partial charge in [0.1, 0.15) is 6.04 Å². The molecule has 0 radical (unpaired) electrons. The average molecular weight is 400 g/mol. The lowest BCUT2D eigenvalue weighted by Gasteiger charge is -2.32. The predicted octanol–water partition coefficient (Wildman–Crippen LogP) is 2.74. The summed E-state index contributed by atoms with van der Waals surface area (Å²) in [6, 6.07) is 6.85. The van der Waals surface area contributed by atoms with Gasteiger partial charge in [-0.05, 0) is 23.8 Å². The van der Waals surface area contributed by atoms with Gasteiger partial charge in [0.05, 0.1) is 25.0 Å². The minimum atomic E-state index is -0.412. The van der Waals surface area contributed by atoms with E-state index in [1.807, 2.05) is 19.2 Å². The summed E-state index contributed by atoms with van der Waals surface area (Å²) in [5.41, 5.74) is 1.61. The maximum Gasteiger partial charge on any atom is 0.261 e. The summed E-state index contributed by atoms with van der Waals surface area (Å²) in [7, 11) is 1.81. The molecule has 1 aliphatic rings. The van der Waals surface area contributed by atoms with Gasteiger partial charge in [0.25, 0.3) is 5.89 Å². The fourth-order valence-corrected chi connectivity index (χ4v) is 3.06. The van der Waals surface area contributed by atoms with Crippen LogP contribution in [0.25, 0.3) is 17.5 Å². The molecule has 3 heterocycles. The Morgan fingerprint density at radius 1 is 1.32 bits per heavy atom. The molecule has 1 unspecified atom stereocenters. The van der Waals surface area contributed by atoms with Gasteiger partial charge in [-0.3, -0.25) is 9.48 Å². The highest BCUT2D eigenvalue weighted by molar-refractivity contribution is 6.30. The van der Waals surface area contributed by atoms with Crippen LogP contribution in [-0.2, 0) is 16.6 Å². The van der Waals surface area contributed by atoms with Crippen LogP contribution in [0.1, 0.15) is 17.4 Å². The van der Waals surface area contributed by atoms with E-state index in [4.69, 9.17) is 20.9 Å². The number of carbonyl (C=O) groups is 1. The number of hydrogen-bond donors (Lipinski definition) is 0. The third kappa shape index (κ3) is 3.97. The second-order valence-electron chi connectivity index (χ2n) is 6.37. The van der Waals surface area contributed by atoms with E-state index in [0.717, 1.165) is 11.1 Å². The van der Waals surface area contributed by atoms with Crippen molar-refractivity contribution in [2.24, 2.45) is 7.05 Å². The molecule has 9 heteroatoms. The Balaban J connectivity index is 1.52. The fourth-order valence-electron chi connectivity index (χ4n) is 2.94. The van der Waals surface area contributed by atoms with E-state index in [-0.39, 0.29) is 5.91 Å². The SMILES string of the molecule is Cn1cc(-c2nc(C3COCCN3C(=O)C=Cc3ccc(Cl)cc3)no2)cn1. The largest absolute Gasteiger partial charge is 0.377 e. The molecule has 4 rings (SSSR count). The standard InChI is InChI=1S/C19H18ClN5O3/c1-24-11-14(10-21-24)19-22-18(23-28-19)16-12-27-9-8-25(16)17(26)7-4-13-2-5-15(20)6-3-13/h2-7,10-11,16H,8-9,12H2,1H3. The Hall–Kier alpha value is -2.97. The van der Waals surface area contributed by atoms with E-state index < -0.39 is 6.04 Å². The van der Waals surface area contributed by atoms with Gasteiger partial charge in [-0.25, -0.2) is 0 Å². The van der Waals surface area contributed by atoms with E-state index in [1.165, 1.54) is 6.08 Å². The van der Waals surface area contributed by atoms with Crippen molar-refractivity contribution in [1.82, 2.24) is 24.8 Å². The number of aromatic nitrogens is 4. The normalized spacial score (nSPS) is 17.4. The number of amides is 1.